The van der Waals surface area contributed by atoms with E-state index in [1.54, 1.807) is 18.2 Å². The Bertz CT molecular complexity index is 1160. The molecule has 2 aromatic heterocycles. The molecule has 0 amide bonds. The summed E-state index contributed by atoms with van der Waals surface area (Å²) in [4.78, 5) is 24.7. The van der Waals surface area contributed by atoms with Gasteiger partial charge in [0.05, 0.1) is 28.8 Å². The van der Waals surface area contributed by atoms with Crippen LogP contribution in [0.1, 0.15) is 18.3 Å². The van der Waals surface area contributed by atoms with Gasteiger partial charge in [0, 0.05) is 18.5 Å². The molecule has 0 aliphatic heterocycles. The Balaban J connectivity index is 2.12. The van der Waals surface area contributed by atoms with E-state index in [1.807, 2.05) is 6.92 Å². The highest BCUT2D eigenvalue weighted by Crippen LogP contribution is 2.28. The number of halogens is 3. The molecule has 1 aromatic carbocycles. The number of hydrogen-bond acceptors (Lipinski definition) is 5. The van der Waals surface area contributed by atoms with Crippen LogP contribution in [-0.4, -0.2) is 19.6 Å². The van der Waals surface area contributed by atoms with Gasteiger partial charge in [-0.15, -0.1) is 6.58 Å². The monoisotopic (exact) mass is 411 g/mol. The summed E-state index contributed by atoms with van der Waals surface area (Å²) in [6.07, 6.45) is -3.37. The van der Waals surface area contributed by atoms with Gasteiger partial charge in [0.2, 0.25) is 0 Å². The lowest BCUT2D eigenvalue weighted by Crippen LogP contribution is -2.40. The van der Waals surface area contributed by atoms with Crippen molar-refractivity contribution in [3.63, 3.8) is 0 Å². The van der Waals surface area contributed by atoms with Gasteiger partial charge in [-0.3, -0.25) is 9.36 Å². The van der Waals surface area contributed by atoms with Gasteiger partial charge in [0.1, 0.15) is 5.69 Å². The smallest absolute Gasteiger partial charge is 0.368 e. The molecule has 1 atom stereocenters. The largest absolute Gasteiger partial charge is 0.431 e. The molecule has 6 nitrogen and oxygen atoms in total. The van der Waals surface area contributed by atoms with Crippen LogP contribution >= 0.6 is 11.5 Å². The van der Waals surface area contributed by atoms with Crippen LogP contribution in [0.3, 0.4) is 0 Å². The lowest BCUT2D eigenvalue weighted by molar-refractivity contribution is -0.144. The van der Waals surface area contributed by atoms with Crippen LogP contribution < -0.4 is 11.2 Å². The van der Waals surface area contributed by atoms with Crippen LogP contribution in [-0.2, 0) is 24.6 Å². The Morgan fingerprint density at radius 2 is 2.04 bits per heavy atom. The van der Waals surface area contributed by atoms with Crippen molar-refractivity contribution in [2.75, 3.05) is 0 Å². The third-order valence-corrected chi connectivity index (χ3v) is 5.08. The molecular formula is C18H16F3N3O3S. The van der Waals surface area contributed by atoms with Gasteiger partial charge in [-0.05, 0) is 36.7 Å². The van der Waals surface area contributed by atoms with Crippen LogP contribution in [0.4, 0.5) is 13.2 Å². The van der Waals surface area contributed by atoms with E-state index in [2.05, 4.69) is 11.0 Å². The summed E-state index contributed by atoms with van der Waals surface area (Å²) in [6.45, 7) is 5.64. The first kappa shape index (κ1) is 20.0. The SMILES string of the molecule is C=CC(C)OCc1nsc2ccc(-n3c(=O)cc(C(F)(F)F)n(C)c3=O)cc12. The third-order valence-electron chi connectivity index (χ3n) is 4.21. The van der Waals surface area contributed by atoms with Crippen LogP contribution in [0.5, 0.6) is 0 Å². The Kier molecular flexibility index (Phi) is 5.26. The highest BCUT2D eigenvalue weighted by Gasteiger charge is 2.35. The molecular weight excluding hydrogens is 395 g/mol. The van der Waals surface area contributed by atoms with Gasteiger partial charge < -0.3 is 4.74 Å². The second-order valence-electron chi connectivity index (χ2n) is 6.10. The van der Waals surface area contributed by atoms with Crippen molar-refractivity contribution in [2.24, 2.45) is 7.05 Å². The molecule has 3 rings (SSSR count). The van der Waals surface area contributed by atoms with Gasteiger partial charge in [-0.25, -0.2) is 9.36 Å². The molecule has 0 radical (unpaired) electrons. The average Bonchev–Trinajstić information content (AvgIpc) is 3.04. The van der Waals surface area contributed by atoms with Crippen molar-refractivity contribution in [3.8, 4) is 5.69 Å². The third kappa shape index (κ3) is 3.65. The second-order valence-corrected chi connectivity index (χ2v) is 6.91. The molecule has 0 spiro atoms. The zero-order valence-electron chi connectivity index (χ0n) is 15.0. The first-order valence-electron chi connectivity index (χ1n) is 8.16. The molecule has 0 saturated heterocycles. The van der Waals surface area contributed by atoms with Crippen LogP contribution in [0, 0.1) is 0 Å². The lowest BCUT2D eigenvalue weighted by atomic mass is 10.2. The molecule has 148 valence electrons. The Morgan fingerprint density at radius 1 is 1.32 bits per heavy atom. The fraction of sp³-hybridized carbons (Fsp3) is 0.278. The van der Waals surface area contributed by atoms with E-state index in [9.17, 15) is 22.8 Å². The molecule has 0 aliphatic rings. The van der Waals surface area contributed by atoms with Gasteiger partial charge in [0.25, 0.3) is 5.56 Å². The highest BCUT2D eigenvalue weighted by molar-refractivity contribution is 7.13. The van der Waals surface area contributed by atoms with E-state index in [-0.39, 0.29) is 18.4 Å². The maximum atomic E-state index is 13.0. The van der Waals surface area contributed by atoms with Crippen LogP contribution in [0.25, 0.3) is 15.8 Å². The molecule has 0 N–H and O–H groups in total. The highest BCUT2D eigenvalue weighted by atomic mass is 32.1. The number of nitrogens with zero attached hydrogens (tertiary/aromatic N) is 3. The average molecular weight is 411 g/mol. The molecule has 0 aliphatic carbocycles. The van der Waals surface area contributed by atoms with E-state index in [0.717, 1.165) is 11.7 Å². The topological polar surface area (TPSA) is 66.1 Å². The summed E-state index contributed by atoms with van der Waals surface area (Å²) >= 11 is 1.22. The minimum atomic E-state index is -4.81. The number of hydrogen-bond donors (Lipinski definition) is 0. The van der Waals surface area contributed by atoms with Gasteiger partial charge in [0.15, 0.2) is 0 Å². The molecule has 10 heteroatoms. The number of fused-ring (bicyclic) bond motifs is 1. The molecule has 2 heterocycles. The maximum Gasteiger partial charge on any atom is 0.431 e. The predicted molar refractivity (Wildman–Crippen MR) is 99.9 cm³/mol. The van der Waals surface area contributed by atoms with E-state index >= 15 is 0 Å². The van der Waals surface area contributed by atoms with Gasteiger partial charge >= 0.3 is 11.9 Å². The number of ether oxygens (including phenoxy) is 1. The number of alkyl halides is 3. The molecule has 28 heavy (non-hydrogen) atoms. The van der Waals surface area contributed by atoms with Crippen molar-refractivity contribution >= 4 is 21.6 Å². The van der Waals surface area contributed by atoms with E-state index in [1.165, 1.54) is 17.6 Å². The number of rotatable bonds is 5. The summed E-state index contributed by atoms with van der Waals surface area (Å²) in [5, 5.41) is 0.660. The molecule has 0 bridgehead atoms. The first-order valence-corrected chi connectivity index (χ1v) is 8.94. The van der Waals surface area contributed by atoms with Crippen LogP contribution in [0.15, 0.2) is 46.5 Å². The van der Waals surface area contributed by atoms with Gasteiger partial charge in [-0.1, -0.05) is 6.08 Å². The van der Waals surface area contributed by atoms with Crippen molar-refractivity contribution < 1.29 is 17.9 Å². The zero-order valence-corrected chi connectivity index (χ0v) is 15.8. The number of benzene rings is 1. The van der Waals surface area contributed by atoms with E-state index < -0.39 is 23.1 Å². The Hall–Kier alpha value is -2.72. The van der Waals surface area contributed by atoms with Crippen LogP contribution in [0.2, 0.25) is 0 Å². The van der Waals surface area contributed by atoms with E-state index in [0.29, 0.717) is 26.3 Å². The Morgan fingerprint density at radius 3 is 2.68 bits per heavy atom. The summed E-state index contributed by atoms with van der Waals surface area (Å²) in [5.41, 5.74) is -2.68. The number of aromatic nitrogens is 3. The summed E-state index contributed by atoms with van der Waals surface area (Å²) in [5.74, 6) is 0. The molecule has 1 unspecified atom stereocenters. The zero-order chi connectivity index (χ0) is 20.6. The second kappa shape index (κ2) is 7.36. The van der Waals surface area contributed by atoms with Crippen molar-refractivity contribution in [1.29, 1.82) is 0 Å². The van der Waals surface area contributed by atoms with E-state index in [4.69, 9.17) is 4.74 Å². The normalized spacial score (nSPS) is 13.0. The maximum absolute atomic E-state index is 13.0. The standard InChI is InChI=1S/C18H16F3N3O3S/c1-4-10(2)27-9-13-12-7-11(5-6-14(12)28-22-13)24-16(25)8-15(18(19,20)21)23(3)17(24)26/h4-8,10H,1,9H2,2-3H3. The summed E-state index contributed by atoms with van der Waals surface area (Å²) < 4.78 is 50.8. The lowest BCUT2D eigenvalue weighted by Gasteiger charge is -2.14. The van der Waals surface area contributed by atoms with Crippen molar-refractivity contribution in [1.82, 2.24) is 13.5 Å². The minimum Gasteiger partial charge on any atom is -0.368 e. The fourth-order valence-electron chi connectivity index (χ4n) is 2.63. The Labute approximate surface area is 161 Å². The summed E-state index contributed by atoms with van der Waals surface area (Å²) in [6, 6.07) is 5.11. The first-order chi connectivity index (χ1) is 13.1. The van der Waals surface area contributed by atoms with Crippen molar-refractivity contribution in [2.45, 2.75) is 25.8 Å². The quantitative estimate of drug-likeness (QED) is 0.605. The molecule has 3 aromatic rings. The summed E-state index contributed by atoms with van der Waals surface area (Å²) in [7, 11) is 0.974. The molecule has 0 fully saturated rings. The van der Waals surface area contributed by atoms with Crippen molar-refractivity contribution in [3.05, 3.63) is 69.1 Å². The molecule has 0 saturated carbocycles. The minimum absolute atomic E-state index is 0.157. The predicted octanol–water partition coefficient (Wildman–Crippen LogP) is 3.26. The fourth-order valence-corrected chi connectivity index (χ4v) is 3.40. The van der Waals surface area contributed by atoms with Gasteiger partial charge in [-0.2, -0.15) is 17.5 Å².